The zero-order valence-electron chi connectivity index (χ0n) is 11.2. The van der Waals surface area contributed by atoms with Crippen molar-refractivity contribution in [1.82, 2.24) is 0 Å². The van der Waals surface area contributed by atoms with Crippen molar-refractivity contribution in [3.63, 3.8) is 0 Å². The molecule has 0 bridgehead atoms. The van der Waals surface area contributed by atoms with Crippen LogP contribution in [-0.4, -0.2) is 12.2 Å². The fraction of sp³-hybridized carbons (Fsp3) is 0.467. The predicted molar refractivity (Wildman–Crippen MR) is 71.5 cm³/mol. The second kappa shape index (κ2) is 5.37. The third-order valence-electron chi connectivity index (χ3n) is 3.30. The molecule has 0 amide bonds. The summed E-state index contributed by atoms with van der Waals surface area (Å²) in [5, 5.41) is 10.5. The summed E-state index contributed by atoms with van der Waals surface area (Å²) in [6, 6.07) is 3.97. The molecule has 1 unspecified atom stereocenters. The van der Waals surface area contributed by atoms with E-state index in [0.717, 1.165) is 23.3 Å². The van der Waals surface area contributed by atoms with Gasteiger partial charge in [-0.2, -0.15) is 0 Å². The lowest BCUT2D eigenvalue weighted by Crippen LogP contribution is -2.22. The quantitative estimate of drug-likeness (QED) is 0.790. The molecule has 0 aromatic heterocycles. The highest BCUT2D eigenvalue weighted by Gasteiger charge is 2.27. The van der Waals surface area contributed by atoms with Gasteiger partial charge >= 0.3 is 0 Å². The molecule has 94 valence electrons. The molecular formula is C15H22O2. The number of hydrogen-bond donors (Lipinski definition) is 1. The molecule has 0 spiro atoms. The lowest BCUT2D eigenvalue weighted by molar-refractivity contribution is 0.0461. The van der Waals surface area contributed by atoms with Gasteiger partial charge in [0.1, 0.15) is 5.75 Å². The molecule has 0 heterocycles. The maximum absolute atomic E-state index is 10.5. The van der Waals surface area contributed by atoms with Crippen molar-refractivity contribution >= 4 is 0 Å². The molecule has 1 aromatic rings. The van der Waals surface area contributed by atoms with E-state index in [9.17, 15) is 5.11 Å². The van der Waals surface area contributed by atoms with Crippen molar-refractivity contribution in [2.24, 2.45) is 0 Å². The second-order valence-corrected chi connectivity index (χ2v) is 4.69. The summed E-state index contributed by atoms with van der Waals surface area (Å²) in [6.07, 6.45) is 3.25. The molecular weight excluding hydrogens is 212 g/mol. The number of methoxy groups -OCH3 is 1. The van der Waals surface area contributed by atoms with Crippen LogP contribution in [0.15, 0.2) is 24.8 Å². The van der Waals surface area contributed by atoms with Gasteiger partial charge in [0.05, 0.1) is 12.7 Å². The maximum Gasteiger partial charge on any atom is 0.128 e. The normalized spacial score (nSPS) is 14.2. The van der Waals surface area contributed by atoms with Crippen LogP contribution in [0.1, 0.15) is 36.5 Å². The smallest absolute Gasteiger partial charge is 0.128 e. The van der Waals surface area contributed by atoms with Crippen LogP contribution in [0.3, 0.4) is 0 Å². The second-order valence-electron chi connectivity index (χ2n) is 4.69. The van der Waals surface area contributed by atoms with Gasteiger partial charge in [-0.15, -0.1) is 6.58 Å². The molecule has 1 N–H and O–H groups in total. The Morgan fingerprint density at radius 3 is 2.59 bits per heavy atom. The fourth-order valence-electron chi connectivity index (χ4n) is 2.00. The molecule has 0 saturated heterocycles. The van der Waals surface area contributed by atoms with Crippen molar-refractivity contribution in [2.45, 2.75) is 39.2 Å². The van der Waals surface area contributed by atoms with E-state index in [2.05, 4.69) is 6.58 Å². The van der Waals surface area contributed by atoms with E-state index in [-0.39, 0.29) is 0 Å². The van der Waals surface area contributed by atoms with Crippen molar-refractivity contribution < 1.29 is 9.84 Å². The van der Waals surface area contributed by atoms with Crippen LogP contribution in [0.25, 0.3) is 0 Å². The van der Waals surface area contributed by atoms with Crippen molar-refractivity contribution in [2.75, 3.05) is 7.11 Å². The molecule has 0 fully saturated rings. The van der Waals surface area contributed by atoms with Gasteiger partial charge in [-0.1, -0.05) is 18.2 Å². The minimum atomic E-state index is -0.877. The zero-order chi connectivity index (χ0) is 13.1. The van der Waals surface area contributed by atoms with Crippen molar-refractivity contribution in [1.29, 1.82) is 0 Å². The third kappa shape index (κ3) is 2.89. The summed E-state index contributed by atoms with van der Waals surface area (Å²) in [6.45, 7) is 9.57. The molecule has 0 aliphatic carbocycles. The first kappa shape index (κ1) is 13.8. The monoisotopic (exact) mass is 234 g/mol. The number of aryl methyl sites for hydroxylation is 1. The van der Waals surface area contributed by atoms with Crippen LogP contribution in [-0.2, 0) is 5.60 Å². The first-order chi connectivity index (χ1) is 7.94. The average Bonchev–Trinajstić information content (AvgIpc) is 2.29. The van der Waals surface area contributed by atoms with Crippen LogP contribution in [0.4, 0.5) is 0 Å². The summed E-state index contributed by atoms with van der Waals surface area (Å²) < 4.78 is 5.44. The van der Waals surface area contributed by atoms with Gasteiger partial charge in [-0.3, -0.25) is 0 Å². The SMILES string of the molecule is C=CCCC(C)(O)c1ccc(C)c(C)c1OC. The van der Waals surface area contributed by atoms with Gasteiger partial charge < -0.3 is 9.84 Å². The number of hydrogen-bond acceptors (Lipinski definition) is 2. The highest BCUT2D eigenvalue weighted by molar-refractivity contribution is 5.47. The van der Waals surface area contributed by atoms with Crippen LogP contribution in [0, 0.1) is 13.8 Å². The Kier molecular flexibility index (Phi) is 4.35. The minimum absolute atomic E-state index is 0.648. The Bertz CT molecular complexity index is 406. The minimum Gasteiger partial charge on any atom is -0.496 e. The van der Waals surface area contributed by atoms with E-state index in [1.807, 2.05) is 39.0 Å². The van der Waals surface area contributed by atoms with Crippen LogP contribution >= 0.6 is 0 Å². The van der Waals surface area contributed by atoms with Crippen LogP contribution in [0.2, 0.25) is 0 Å². The Labute approximate surface area is 104 Å². The Morgan fingerprint density at radius 2 is 2.06 bits per heavy atom. The number of rotatable bonds is 5. The Balaban J connectivity index is 3.21. The van der Waals surface area contributed by atoms with E-state index in [1.54, 1.807) is 7.11 Å². The fourth-order valence-corrected chi connectivity index (χ4v) is 2.00. The molecule has 0 aliphatic heterocycles. The maximum atomic E-state index is 10.5. The standard InChI is InChI=1S/C15H22O2/c1-6-7-10-15(4,16)13-9-8-11(2)12(3)14(13)17-5/h6,8-9,16H,1,7,10H2,2-5H3. The lowest BCUT2D eigenvalue weighted by Gasteiger charge is -2.26. The molecule has 1 rings (SSSR count). The van der Waals surface area contributed by atoms with E-state index in [0.29, 0.717) is 6.42 Å². The third-order valence-corrected chi connectivity index (χ3v) is 3.30. The van der Waals surface area contributed by atoms with Gasteiger partial charge in [0.15, 0.2) is 0 Å². The molecule has 2 heteroatoms. The van der Waals surface area contributed by atoms with Crippen LogP contribution in [0.5, 0.6) is 5.75 Å². The summed E-state index contributed by atoms with van der Waals surface area (Å²) in [7, 11) is 1.65. The molecule has 17 heavy (non-hydrogen) atoms. The van der Waals surface area contributed by atoms with Crippen molar-refractivity contribution in [3.8, 4) is 5.75 Å². The average molecular weight is 234 g/mol. The molecule has 0 aliphatic rings. The zero-order valence-corrected chi connectivity index (χ0v) is 11.2. The topological polar surface area (TPSA) is 29.5 Å². The summed E-state index contributed by atoms with van der Waals surface area (Å²) in [5.74, 6) is 0.791. The number of benzene rings is 1. The molecule has 0 radical (unpaired) electrons. The number of allylic oxidation sites excluding steroid dienone is 1. The highest BCUT2D eigenvalue weighted by atomic mass is 16.5. The summed E-state index contributed by atoms with van der Waals surface area (Å²) in [5.41, 5.74) is 2.23. The number of aliphatic hydroxyl groups is 1. The predicted octanol–water partition coefficient (Wildman–Crippen LogP) is 3.49. The van der Waals surface area contributed by atoms with E-state index < -0.39 is 5.60 Å². The first-order valence-corrected chi connectivity index (χ1v) is 5.92. The van der Waals surface area contributed by atoms with E-state index in [1.165, 1.54) is 5.56 Å². The Morgan fingerprint density at radius 1 is 1.41 bits per heavy atom. The van der Waals surface area contributed by atoms with Gasteiger partial charge in [0.25, 0.3) is 0 Å². The highest BCUT2D eigenvalue weighted by Crippen LogP contribution is 2.36. The van der Waals surface area contributed by atoms with Crippen molar-refractivity contribution in [3.05, 3.63) is 41.5 Å². The van der Waals surface area contributed by atoms with E-state index in [4.69, 9.17) is 4.74 Å². The lowest BCUT2D eigenvalue weighted by atomic mass is 9.88. The Hall–Kier alpha value is -1.28. The number of ether oxygens (including phenoxy) is 1. The van der Waals surface area contributed by atoms with Crippen LogP contribution < -0.4 is 4.74 Å². The van der Waals surface area contributed by atoms with Gasteiger partial charge in [-0.05, 0) is 44.7 Å². The largest absolute Gasteiger partial charge is 0.496 e. The molecule has 0 saturated carbocycles. The molecule has 1 aromatic carbocycles. The van der Waals surface area contributed by atoms with Gasteiger partial charge in [-0.25, -0.2) is 0 Å². The summed E-state index contributed by atoms with van der Waals surface area (Å²) in [4.78, 5) is 0. The first-order valence-electron chi connectivity index (χ1n) is 5.92. The van der Waals surface area contributed by atoms with Gasteiger partial charge in [0.2, 0.25) is 0 Å². The molecule has 1 atom stereocenters. The van der Waals surface area contributed by atoms with Gasteiger partial charge in [0, 0.05) is 5.56 Å². The summed E-state index contributed by atoms with van der Waals surface area (Å²) >= 11 is 0. The molecule has 2 nitrogen and oxygen atoms in total. The van der Waals surface area contributed by atoms with E-state index >= 15 is 0 Å².